The number of nitrogens with one attached hydrogen (secondary N) is 1. The van der Waals surface area contributed by atoms with Gasteiger partial charge in [-0.05, 0) is 37.8 Å². The van der Waals surface area contributed by atoms with E-state index in [0.717, 1.165) is 12.8 Å². The van der Waals surface area contributed by atoms with Crippen molar-refractivity contribution in [2.24, 2.45) is 11.7 Å². The van der Waals surface area contributed by atoms with Gasteiger partial charge in [0.2, 0.25) is 5.76 Å². The number of nitrogens with two attached hydrogens (primary N) is 1. The Morgan fingerprint density at radius 1 is 1.52 bits per heavy atom. The molecule has 2 heterocycles. The predicted octanol–water partition coefficient (Wildman–Crippen LogP) is 2.21. The van der Waals surface area contributed by atoms with Crippen molar-refractivity contribution < 1.29 is 13.7 Å². The van der Waals surface area contributed by atoms with Crippen LogP contribution in [0, 0.1) is 5.92 Å². The van der Waals surface area contributed by atoms with E-state index in [9.17, 15) is 4.79 Å². The molecule has 0 aliphatic heterocycles. The van der Waals surface area contributed by atoms with E-state index < -0.39 is 0 Å². The Morgan fingerprint density at radius 2 is 2.29 bits per heavy atom. The molecule has 1 atom stereocenters. The average molecular weight is 312 g/mol. The van der Waals surface area contributed by atoms with Gasteiger partial charge < -0.3 is 20.0 Å². The molecule has 0 aromatic carbocycles. The third kappa shape index (κ3) is 3.11. The van der Waals surface area contributed by atoms with Crippen LogP contribution < -0.4 is 11.1 Å². The normalized spacial score (nSPS) is 16.9. The molecule has 0 saturated heterocycles. The number of carbonyl (C=O) groups is 1. The third-order valence-electron chi connectivity index (χ3n) is 3.81. The maximum atomic E-state index is 12.2. The molecule has 2 aromatic heterocycles. The molecule has 21 heavy (non-hydrogen) atoms. The summed E-state index contributed by atoms with van der Waals surface area (Å²) in [4.78, 5) is 12.2. The molecule has 114 valence electrons. The SMILES string of the molecule is CC(CN)(NC(=O)c1cc(-c2ccco2)on1)C1CC1.Cl. The fourth-order valence-electron chi connectivity index (χ4n) is 2.28. The van der Waals surface area contributed by atoms with Crippen molar-refractivity contribution in [1.82, 2.24) is 10.5 Å². The molecular weight excluding hydrogens is 294 g/mol. The maximum absolute atomic E-state index is 12.2. The van der Waals surface area contributed by atoms with Crippen LogP contribution in [0.5, 0.6) is 0 Å². The quantitative estimate of drug-likeness (QED) is 0.883. The molecule has 0 bridgehead atoms. The van der Waals surface area contributed by atoms with Crippen molar-refractivity contribution in [2.45, 2.75) is 25.3 Å². The predicted molar refractivity (Wildman–Crippen MR) is 79.1 cm³/mol. The smallest absolute Gasteiger partial charge is 0.273 e. The van der Waals surface area contributed by atoms with Crippen molar-refractivity contribution in [3.63, 3.8) is 0 Å². The molecule has 7 heteroatoms. The van der Waals surface area contributed by atoms with E-state index in [-0.39, 0.29) is 29.5 Å². The van der Waals surface area contributed by atoms with Gasteiger partial charge >= 0.3 is 0 Å². The molecule has 6 nitrogen and oxygen atoms in total. The maximum Gasteiger partial charge on any atom is 0.273 e. The van der Waals surface area contributed by atoms with Gasteiger partial charge in [-0.1, -0.05) is 5.16 Å². The van der Waals surface area contributed by atoms with E-state index in [1.807, 2.05) is 6.92 Å². The van der Waals surface area contributed by atoms with Gasteiger partial charge in [-0.2, -0.15) is 0 Å². The van der Waals surface area contributed by atoms with Crippen LogP contribution in [0.4, 0.5) is 0 Å². The van der Waals surface area contributed by atoms with Crippen LogP contribution in [-0.4, -0.2) is 23.1 Å². The van der Waals surface area contributed by atoms with E-state index >= 15 is 0 Å². The topological polar surface area (TPSA) is 94.3 Å². The van der Waals surface area contributed by atoms with E-state index in [1.54, 1.807) is 18.2 Å². The summed E-state index contributed by atoms with van der Waals surface area (Å²) in [5, 5.41) is 6.75. The Hall–Kier alpha value is -1.79. The summed E-state index contributed by atoms with van der Waals surface area (Å²) >= 11 is 0. The summed E-state index contributed by atoms with van der Waals surface area (Å²) in [5.74, 6) is 1.15. The molecular formula is C14H18ClN3O3. The van der Waals surface area contributed by atoms with Gasteiger partial charge in [-0.25, -0.2) is 0 Å². The third-order valence-corrected chi connectivity index (χ3v) is 3.81. The zero-order valence-electron chi connectivity index (χ0n) is 11.7. The number of aromatic nitrogens is 1. The molecule has 1 unspecified atom stereocenters. The van der Waals surface area contributed by atoms with Gasteiger partial charge in [0.05, 0.1) is 11.8 Å². The Balaban J connectivity index is 0.00000161. The second-order valence-electron chi connectivity index (χ2n) is 5.40. The number of furan rings is 1. The minimum absolute atomic E-state index is 0. The van der Waals surface area contributed by atoms with Crippen molar-refractivity contribution in [3.8, 4) is 11.5 Å². The average Bonchev–Trinajstić information content (AvgIpc) is 2.97. The van der Waals surface area contributed by atoms with Crippen LogP contribution in [-0.2, 0) is 0 Å². The fourth-order valence-corrected chi connectivity index (χ4v) is 2.28. The lowest BCUT2D eigenvalue weighted by molar-refractivity contribution is 0.0888. The highest BCUT2D eigenvalue weighted by Gasteiger charge is 2.42. The Kier molecular flexibility index (Phi) is 4.39. The Morgan fingerprint density at radius 3 is 2.86 bits per heavy atom. The molecule has 1 amide bonds. The highest BCUT2D eigenvalue weighted by Crippen LogP contribution is 2.39. The number of halogens is 1. The summed E-state index contributed by atoms with van der Waals surface area (Å²) in [6.45, 7) is 2.38. The zero-order chi connectivity index (χ0) is 14.2. The minimum Gasteiger partial charge on any atom is -0.461 e. The first-order valence-electron chi connectivity index (χ1n) is 6.65. The van der Waals surface area contributed by atoms with Crippen LogP contribution in [0.2, 0.25) is 0 Å². The fraction of sp³-hybridized carbons (Fsp3) is 0.429. The number of amides is 1. The lowest BCUT2D eigenvalue weighted by Gasteiger charge is -2.28. The van der Waals surface area contributed by atoms with Crippen LogP contribution >= 0.6 is 12.4 Å². The molecule has 1 fully saturated rings. The molecule has 3 rings (SSSR count). The van der Waals surface area contributed by atoms with Gasteiger partial charge in [-0.15, -0.1) is 12.4 Å². The van der Waals surface area contributed by atoms with Crippen molar-refractivity contribution >= 4 is 18.3 Å². The highest BCUT2D eigenvalue weighted by atomic mass is 35.5. The van der Waals surface area contributed by atoms with Crippen LogP contribution in [0.15, 0.2) is 33.4 Å². The highest BCUT2D eigenvalue weighted by molar-refractivity contribution is 5.93. The lowest BCUT2D eigenvalue weighted by Crippen LogP contribution is -2.53. The Bertz CT molecular complexity index is 607. The first-order chi connectivity index (χ1) is 9.62. The number of carbonyl (C=O) groups excluding carboxylic acids is 1. The van der Waals surface area contributed by atoms with Gasteiger partial charge in [0.25, 0.3) is 5.91 Å². The van der Waals surface area contributed by atoms with E-state index in [0.29, 0.717) is 24.0 Å². The second-order valence-corrected chi connectivity index (χ2v) is 5.40. The minimum atomic E-state index is -0.374. The zero-order valence-corrected chi connectivity index (χ0v) is 12.5. The van der Waals surface area contributed by atoms with Crippen molar-refractivity contribution in [3.05, 3.63) is 30.2 Å². The molecule has 1 aliphatic carbocycles. The number of hydrogen-bond donors (Lipinski definition) is 2. The van der Waals surface area contributed by atoms with Gasteiger partial charge in [0.15, 0.2) is 11.5 Å². The molecule has 2 aromatic rings. The Labute approximate surface area is 128 Å². The van der Waals surface area contributed by atoms with Gasteiger partial charge in [-0.3, -0.25) is 4.79 Å². The van der Waals surface area contributed by atoms with Crippen LogP contribution in [0.1, 0.15) is 30.3 Å². The molecule has 0 radical (unpaired) electrons. The molecule has 1 aliphatic rings. The van der Waals surface area contributed by atoms with Crippen LogP contribution in [0.25, 0.3) is 11.5 Å². The number of nitrogens with zero attached hydrogens (tertiary/aromatic N) is 1. The van der Waals surface area contributed by atoms with Crippen molar-refractivity contribution in [1.29, 1.82) is 0 Å². The summed E-state index contributed by atoms with van der Waals surface area (Å²) in [5.41, 5.74) is 5.64. The monoisotopic (exact) mass is 311 g/mol. The first-order valence-corrected chi connectivity index (χ1v) is 6.65. The number of hydrogen-bond acceptors (Lipinski definition) is 5. The van der Waals surface area contributed by atoms with Gasteiger partial charge in [0, 0.05) is 12.6 Å². The van der Waals surface area contributed by atoms with Gasteiger partial charge in [0.1, 0.15) is 0 Å². The number of rotatable bonds is 5. The van der Waals surface area contributed by atoms with Crippen LogP contribution in [0.3, 0.4) is 0 Å². The molecule has 0 spiro atoms. The molecule has 1 saturated carbocycles. The largest absolute Gasteiger partial charge is 0.461 e. The summed E-state index contributed by atoms with van der Waals surface area (Å²) in [6.07, 6.45) is 3.74. The second kappa shape index (κ2) is 5.91. The summed E-state index contributed by atoms with van der Waals surface area (Å²) in [6, 6.07) is 5.06. The standard InChI is InChI=1S/C14H17N3O3.ClH/c1-14(8-15,9-4-5-9)16-13(18)10-7-12(20-17-10)11-3-2-6-19-11;/h2-3,6-7,9H,4-5,8,15H2,1H3,(H,16,18);1H. The summed E-state index contributed by atoms with van der Waals surface area (Å²) in [7, 11) is 0. The lowest BCUT2D eigenvalue weighted by atomic mass is 9.96. The van der Waals surface area contributed by atoms with E-state index in [1.165, 1.54) is 6.26 Å². The summed E-state index contributed by atoms with van der Waals surface area (Å²) < 4.78 is 10.3. The van der Waals surface area contributed by atoms with Crippen molar-refractivity contribution in [2.75, 3.05) is 6.54 Å². The molecule has 3 N–H and O–H groups in total. The van der Waals surface area contributed by atoms with E-state index in [4.69, 9.17) is 14.7 Å². The van der Waals surface area contributed by atoms with E-state index in [2.05, 4.69) is 10.5 Å². The first kappa shape index (κ1) is 15.6.